The van der Waals surface area contributed by atoms with Crippen molar-refractivity contribution in [3.63, 3.8) is 0 Å². The fraction of sp³-hybridized carbons (Fsp3) is 0.429. The summed E-state index contributed by atoms with van der Waals surface area (Å²) in [6.45, 7) is 2.71. The average Bonchev–Trinajstić information content (AvgIpc) is 3.15. The first-order valence-electron chi connectivity index (χ1n) is 9.23. The molecule has 1 N–H and O–H groups in total. The van der Waals surface area contributed by atoms with Gasteiger partial charge in [-0.1, -0.05) is 13.0 Å². The van der Waals surface area contributed by atoms with Crippen molar-refractivity contribution in [1.29, 1.82) is 0 Å². The Morgan fingerprint density at radius 1 is 1.16 bits per heavy atom. The Hall–Kier alpha value is -2.36. The van der Waals surface area contributed by atoms with Crippen LogP contribution in [0.15, 0.2) is 42.6 Å². The lowest BCUT2D eigenvalue weighted by Crippen LogP contribution is -2.11. The molecule has 0 radical (unpaired) electrons. The minimum absolute atomic E-state index is 0.205. The normalized spacial score (nSPS) is 14.4. The third-order valence-electron chi connectivity index (χ3n) is 4.57. The van der Waals surface area contributed by atoms with Crippen molar-refractivity contribution in [3.8, 4) is 5.88 Å². The Morgan fingerprint density at radius 2 is 1.92 bits per heavy atom. The van der Waals surface area contributed by atoms with Gasteiger partial charge in [0.1, 0.15) is 6.10 Å². The number of pyridine rings is 1. The first-order chi connectivity index (χ1) is 12.2. The number of rotatable bonds is 8. The lowest BCUT2D eigenvalue weighted by molar-refractivity contribution is 0.0982. The van der Waals surface area contributed by atoms with Gasteiger partial charge in [0.15, 0.2) is 5.78 Å². The molecule has 3 rings (SSSR count). The first-order valence-corrected chi connectivity index (χ1v) is 9.23. The summed E-state index contributed by atoms with van der Waals surface area (Å²) >= 11 is 0. The van der Waals surface area contributed by atoms with E-state index < -0.39 is 0 Å². The molecular formula is C21H26N2O2. The van der Waals surface area contributed by atoms with E-state index in [9.17, 15) is 4.79 Å². The van der Waals surface area contributed by atoms with Gasteiger partial charge in [-0.3, -0.25) is 4.79 Å². The van der Waals surface area contributed by atoms with Gasteiger partial charge in [-0.2, -0.15) is 0 Å². The number of nitrogens with one attached hydrogen (secondary N) is 1. The molecule has 0 amide bonds. The van der Waals surface area contributed by atoms with Gasteiger partial charge < -0.3 is 10.1 Å². The van der Waals surface area contributed by atoms with Crippen molar-refractivity contribution in [3.05, 3.63) is 53.7 Å². The van der Waals surface area contributed by atoms with Crippen LogP contribution in [0.5, 0.6) is 5.88 Å². The average molecular weight is 338 g/mol. The van der Waals surface area contributed by atoms with Crippen LogP contribution in [0.1, 0.15) is 61.4 Å². The lowest BCUT2D eigenvalue weighted by Gasteiger charge is -2.12. The summed E-state index contributed by atoms with van der Waals surface area (Å²) in [7, 11) is 0. The van der Waals surface area contributed by atoms with Gasteiger partial charge in [0.05, 0.1) is 0 Å². The van der Waals surface area contributed by atoms with Crippen LogP contribution in [0.25, 0.3) is 0 Å². The number of aromatic nitrogens is 1. The van der Waals surface area contributed by atoms with Gasteiger partial charge in [-0.25, -0.2) is 4.98 Å². The fourth-order valence-corrected chi connectivity index (χ4v) is 3.11. The van der Waals surface area contributed by atoms with Gasteiger partial charge in [0.25, 0.3) is 0 Å². The number of nitrogens with zero attached hydrogens (tertiary/aromatic N) is 1. The van der Waals surface area contributed by atoms with Gasteiger partial charge in [0.2, 0.25) is 5.88 Å². The first kappa shape index (κ1) is 17.5. The van der Waals surface area contributed by atoms with E-state index in [0.29, 0.717) is 19.1 Å². The summed E-state index contributed by atoms with van der Waals surface area (Å²) in [5.74, 6) is 0.922. The second-order valence-corrected chi connectivity index (χ2v) is 6.63. The molecule has 25 heavy (non-hydrogen) atoms. The topological polar surface area (TPSA) is 51.2 Å². The number of carbonyl (C=O) groups is 1. The number of Topliss-reactive ketones (excluding diaryl/α,β-unsaturated/α-hetero) is 1. The maximum absolute atomic E-state index is 11.9. The number of ketones is 1. The maximum atomic E-state index is 11.9. The van der Waals surface area contributed by atoms with E-state index in [-0.39, 0.29) is 5.78 Å². The fourth-order valence-electron chi connectivity index (χ4n) is 3.11. The highest BCUT2D eigenvalue weighted by Crippen LogP contribution is 2.23. The molecule has 1 aliphatic rings. The Balaban J connectivity index is 1.50. The molecule has 132 valence electrons. The summed E-state index contributed by atoms with van der Waals surface area (Å²) in [4.78, 5) is 16.3. The van der Waals surface area contributed by atoms with Crippen LogP contribution >= 0.6 is 0 Å². The number of carbonyl (C=O) groups excluding carboxylic acids is 1. The zero-order valence-electron chi connectivity index (χ0n) is 14.8. The Labute approximate surface area is 149 Å². The highest BCUT2D eigenvalue weighted by Gasteiger charge is 2.16. The Bertz CT molecular complexity index is 674. The van der Waals surface area contributed by atoms with Gasteiger partial charge in [-0.05, 0) is 61.9 Å². The highest BCUT2D eigenvalue weighted by molar-refractivity contribution is 5.96. The molecule has 1 aromatic carbocycles. The minimum atomic E-state index is 0.205. The van der Waals surface area contributed by atoms with E-state index in [1.165, 1.54) is 12.8 Å². The molecule has 0 spiro atoms. The SMILES string of the molecule is CCCC(=O)c1ccc(NCc2ccc(OC3CCCC3)nc2)cc1. The molecule has 0 bridgehead atoms. The monoisotopic (exact) mass is 338 g/mol. The molecule has 0 aliphatic heterocycles. The number of benzene rings is 1. The van der Waals surface area contributed by atoms with Crippen LogP contribution in [-0.4, -0.2) is 16.9 Å². The molecule has 1 fully saturated rings. The van der Waals surface area contributed by atoms with E-state index in [2.05, 4.69) is 10.3 Å². The van der Waals surface area contributed by atoms with Crippen molar-refractivity contribution in [1.82, 2.24) is 4.98 Å². The summed E-state index contributed by atoms with van der Waals surface area (Å²) in [5.41, 5.74) is 2.88. The van der Waals surface area contributed by atoms with Crippen LogP contribution < -0.4 is 10.1 Å². The van der Waals surface area contributed by atoms with Gasteiger partial charge in [-0.15, -0.1) is 0 Å². The second-order valence-electron chi connectivity index (χ2n) is 6.63. The third kappa shape index (κ3) is 5.05. The standard InChI is InChI=1S/C21H26N2O2/c1-2-5-20(24)17-9-11-18(12-10-17)22-14-16-8-13-21(23-15-16)25-19-6-3-4-7-19/h8-13,15,19,22H,2-7,14H2,1H3. The van der Waals surface area contributed by atoms with Crippen LogP contribution in [0.3, 0.4) is 0 Å². The molecule has 0 atom stereocenters. The summed E-state index contributed by atoms with van der Waals surface area (Å²) in [6.07, 6.45) is 8.48. The van der Waals surface area contributed by atoms with Crippen LogP contribution in [-0.2, 0) is 6.54 Å². The van der Waals surface area contributed by atoms with E-state index in [1.807, 2.05) is 49.5 Å². The Kier molecular flexibility index (Phi) is 6.04. The smallest absolute Gasteiger partial charge is 0.213 e. The zero-order chi connectivity index (χ0) is 17.5. The molecule has 1 aliphatic carbocycles. The number of hydrogen-bond donors (Lipinski definition) is 1. The van der Waals surface area contributed by atoms with E-state index in [0.717, 1.165) is 42.0 Å². The Morgan fingerprint density at radius 3 is 2.56 bits per heavy atom. The number of anilines is 1. The number of hydrogen-bond acceptors (Lipinski definition) is 4. The van der Waals surface area contributed by atoms with Crippen molar-refractivity contribution >= 4 is 11.5 Å². The molecular weight excluding hydrogens is 312 g/mol. The van der Waals surface area contributed by atoms with Gasteiger partial charge in [0, 0.05) is 36.5 Å². The predicted octanol–water partition coefficient (Wildman–Crippen LogP) is 5.00. The van der Waals surface area contributed by atoms with Gasteiger partial charge >= 0.3 is 0 Å². The van der Waals surface area contributed by atoms with Crippen LogP contribution in [0.4, 0.5) is 5.69 Å². The van der Waals surface area contributed by atoms with Crippen molar-refractivity contribution in [2.75, 3.05) is 5.32 Å². The predicted molar refractivity (Wildman–Crippen MR) is 100 cm³/mol. The van der Waals surface area contributed by atoms with E-state index in [4.69, 9.17) is 4.74 Å². The van der Waals surface area contributed by atoms with Crippen LogP contribution in [0.2, 0.25) is 0 Å². The summed E-state index contributed by atoms with van der Waals surface area (Å²) < 4.78 is 5.89. The van der Waals surface area contributed by atoms with Crippen LogP contribution in [0, 0.1) is 0 Å². The van der Waals surface area contributed by atoms with E-state index >= 15 is 0 Å². The molecule has 0 saturated heterocycles. The lowest BCUT2D eigenvalue weighted by atomic mass is 10.1. The number of ether oxygens (including phenoxy) is 1. The van der Waals surface area contributed by atoms with Crippen molar-refractivity contribution < 1.29 is 9.53 Å². The molecule has 1 saturated carbocycles. The maximum Gasteiger partial charge on any atom is 0.213 e. The third-order valence-corrected chi connectivity index (χ3v) is 4.57. The van der Waals surface area contributed by atoms with Crippen molar-refractivity contribution in [2.24, 2.45) is 0 Å². The minimum Gasteiger partial charge on any atom is -0.474 e. The highest BCUT2D eigenvalue weighted by atomic mass is 16.5. The van der Waals surface area contributed by atoms with Crippen molar-refractivity contribution in [2.45, 2.75) is 58.1 Å². The van der Waals surface area contributed by atoms with E-state index in [1.54, 1.807) is 0 Å². The largest absolute Gasteiger partial charge is 0.474 e. The molecule has 2 aromatic rings. The summed E-state index contributed by atoms with van der Waals surface area (Å²) in [6, 6.07) is 11.7. The second kappa shape index (κ2) is 8.65. The zero-order valence-corrected chi connectivity index (χ0v) is 14.8. The quantitative estimate of drug-likeness (QED) is 0.688. The molecule has 4 nitrogen and oxygen atoms in total. The molecule has 1 aromatic heterocycles. The molecule has 1 heterocycles. The molecule has 4 heteroatoms. The molecule has 0 unspecified atom stereocenters. The summed E-state index contributed by atoms with van der Waals surface area (Å²) in [5, 5.41) is 3.36.